The first kappa shape index (κ1) is 19.9. The van der Waals surface area contributed by atoms with Crippen molar-refractivity contribution in [1.29, 1.82) is 0 Å². The molecule has 0 radical (unpaired) electrons. The molecule has 3 fully saturated rings. The van der Waals surface area contributed by atoms with E-state index in [1.54, 1.807) is 6.92 Å². The van der Waals surface area contributed by atoms with Crippen molar-refractivity contribution in [3.63, 3.8) is 0 Å². The minimum atomic E-state index is -2.11. The Morgan fingerprint density at radius 2 is 1.96 bits per heavy atom. The number of Topliss-reactive ketones (excluding diaryl/α,β-unsaturated/α-hetero) is 1. The number of halogens is 2. The average molecular weight is 394 g/mol. The number of aliphatic hydroxyl groups excluding tert-OH is 2. The summed E-state index contributed by atoms with van der Waals surface area (Å²) in [6, 6.07) is 0. The molecule has 28 heavy (non-hydrogen) atoms. The summed E-state index contributed by atoms with van der Waals surface area (Å²) in [6.45, 7) is 4.78. The summed E-state index contributed by atoms with van der Waals surface area (Å²) >= 11 is 0. The molecule has 2 N–H and O–H groups in total. The molecule has 4 aliphatic rings. The van der Waals surface area contributed by atoms with Crippen LogP contribution in [0.4, 0.5) is 8.78 Å². The first-order valence-corrected chi connectivity index (χ1v) is 10.1. The molecule has 0 amide bonds. The second-order valence-electron chi connectivity index (χ2n) is 9.76. The molecule has 4 aliphatic carbocycles. The Balaban J connectivity index is 1.84. The number of aliphatic hydroxyl groups is 2. The van der Waals surface area contributed by atoms with Crippen LogP contribution in [-0.4, -0.2) is 46.3 Å². The van der Waals surface area contributed by atoms with Gasteiger partial charge in [-0.1, -0.05) is 19.9 Å². The van der Waals surface area contributed by atoms with Crippen LogP contribution in [0.1, 0.15) is 40.0 Å². The zero-order chi connectivity index (χ0) is 20.6. The zero-order valence-electron chi connectivity index (χ0n) is 16.5. The lowest BCUT2D eigenvalue weighted by atomic mass is 9.45. The van der Waals surface area contributed by atoms with Gasteiger partial charge < -0.3 is 10.2 Å². The monoisotopic (exact) mass is 394 g/mol. The summed E-state index contributed by atoms with van der Waals surface area (Å²) in [7, 11) is 0. The number of hydrogen-bond donors (Lipinski definition) is 2. The normalized spacial score (nSPS) is 52.5. The number of hydrogen-bond acceptors (Lipinski definition) is 4. The Morgan fingerprint density at radius 1 is 1.29 bits per heavy atom. The molecular formula is C22H28F2O4. The summed E-state index contributed by atoms with van der Waals surface area (Å²) in [6.07, 6.45) is 1.52. The molecule has 4 rings (SSSR count). The van der Waals surface area contributed by atoms with Gasteiger partial charge >= 0.3 is 0 Å². The van der Waals surface area contributed by atoms with E-state index in [4.69, 9.17) is 0 Å². The minimum absolute atomic E-state index is 0.0736. The van der Waals surface area contributed by atoms with Gasteiger partial charge in [-0.05, 0) is 61.2 Å². The van der Waals surface area contributed by atoms with Crippen molar-refractivity contribution < 1.29 is 28.6 Å². The minimum Gasteiger partial charge on any atom is -0.390 e. The Morgan fingerprint density at radius 3 is 2.61 bits per heavy atom. The summed E-state index contributed by atoms with van der Waals surface area (Å²) < 4.78 is 32.0. The van der Waals surface area contributed by atoms with E-state index in [9.17, 15) is 19.8 Å². The molecule has 4 unspecified atom stereocenters. The molecule has 0 saturated heterocycles. The Hall–Kier alpha value is -1.40. The van der Waals surface area contributed by atoms with Crippen LogP contribution >= 0.6 is 0 Å². The van der Waals surface area contributed by atoms with Crippen LogP contribution in [0.25, 0.3) is 0 Å². The van der Waals surface area contributed by atoms with Gasteiger partial charge in [-0.2, -0.15) is 0 Å². The topological polar surface area (TPSA) is 74.6 Å². The van der Waals surface area contributed by atoms with Gasteiger partial charge in [0.05, 0.1) is 6.10 Å². The highest BCUT2D eigenvalue weighted by Crippen LogP contribution is 2.70. The number of rotatable bonds is 2. The van der Waals surface area contributed by atoms with Crippen LogP contribution in [-0.2, 0) is 9.59 Å². The maximum atomic E-state index is 16.8. The smallest absolute Gasteiger partial charge is 0.178 e. The highest BCUT2D eigenvalue weighted by atomic mass is 19.1. The first-order chi connectivity index (χ1) is 13.0. The van der Waals surface area contributed by atoms with E-state index in [2.05, 4.69) is 0 Å². The Labute approximate surface area is 163 Å². The second-order valence-corrected chi connectivity index (χ2v) is 9.76. The number of carbonyl (C=O) groups excluding carboxylic acids is 2. The van der Waals surface area contributed by atoms with Crippen LogP contribution in [0.3, 0.4) is 0 Å². The lowest BCUT2D eigenvalue weighted by Gasteiger charge is -2.62. The van der Waals surface area contributed by atoms with Crippen molar-refractivity contribution in [2.24, 2.45) is 34.5 Å². The second kappa shape index (κ2) is 6.05. The van der Waals surface area contributed by atoms with Gasteiger partial charge in [-0.15, -0.1) is 0 Å². The highest BCUT2D eigenvalue weighted by molar-refractivity contribution is 6.01. The fraction of sp³-hybridized carbons (Fsp3) is 0.727. The van der Waals surface area contributed by atoms with E-state index in [-0.39, 0.29) is 41.8 Å². The number of fused-ring (bicyclic) bond motifs is 5. The number of allylic oxidation sites excluding steroid dienone is 4. The van der Waals surface area contributed by atoms with E-state index in [1.807, 2.05) is 13.8 Å². The van der Waals surface area contributed by atoms with Crippen LogP contribution in [0.2, 0.25) is 0 Å². The maximum absolute atomic E-state index is 16.8. The van der Waals surface area contributed by atoms with Crippen molar-refractivity contribution in [2.75, 3.05) is 6.61 Å². The lowest BCUT2D eigenvalue weighted by molar-refractivity contribution is -0.202. The predicted molar refractivity (Wildman–Crippen MR) is 98.8 cm³/mol. The van der Waals surface area contributed by atoms with Gasteiger partial charge in [0.1, 0.15) is 12.8 Å². The standard InChI is InChI=1S/C22H28F2O4/c1-11-6-13-14-8-16(23)15-7-12(26)4-5-21(15,3)22(14,24)18(28)9-20(13,2)19(11)17(27)10-25/h4-5,7,11,13-14,16,18-19,25,28H,6,8-10H2,1-3H3/t11?,13?,14-,16?,18-,19+,20-,21-,22?/m0/s1. The third-order valence-electron chi connectivity index (χ3n) is 8.47. The van der Waals surface area contributed by atoms with E-state index >= 15 is 8.78 Å². The van der Waals surface area contributed by atoms with E-state index in [0.717, 1.165) is 0 Å². The molecular weight excluding hydrogens is 366 g/mol. The van der Waals surface area contributed by atoms with E-state index in [0.29, 0.717) is 6.42 Å². The maximum Gasteiger partial charge on any atom is 0.178 e. The molecule has 0 heterocycles. The van der Waals surface area contributed by atoms with Crippen molar-refractivity contribution in [1.82, 2.24) is 0 Å². The fourth-order valence-corrected chi connectivity index (χ4v) is 7.36. The molecule has 0 aliphatic heterocycles. The van der Waals surface area contributed by atoms with Gasteiger partial charge in [-0.3, -0.25) is 9.59 Å². The third-order valence-corrected chi connectivity index (χ3v) is 8.47. The number of ketones is 2. The molecule has 154 valence electrons. The summed E-state index contributed by atoms with van der Waals surface area (Å²) in [5.74, 6) is -2.26. The van der Waals surface area contributed by atoms with Crippen LogP contribution < -0.4 is 0 Å². The summed E-state index contributed by atoms with van der Waals surface area (Å²) in [5, 5.41) is 20.5. The lowest BCUT2D eigenvalue weighted by Crippen LogP contribution is -2.68. The van der Waals surface area contributed by atoms with E-state index in [1.165, 1.54) is 18.2 Å². The van der Waals surface area contributed by atoms with Gasteiger partial charge in [0.2, 0.25) is 0 Å². The van der Waals surface area contributed by atoms with E-state index < -0.39 is 47.2 Å². The van der Waals surface area contributed by atoms with Crippen molar-refractivity contribution in [2.45, 2.75) is 58.0 Å². The number of carbonyl (C=O) groups is 2. The van der Waals surface area contributed by atoms with Crippen LogP contribution in [0, 0.1) is 34.5 Å². The molecule has 0 aromatic rings. The average Bonchev–Trinajstić information content (AvgIpc) is 2.89. The van der Waals surface area contributed by atoms with Crippen molar-refractivity contribution in [3.8, 4) is 0 Å². The summed E-state index contributed by atoms with van der Waals surface area (Å²) in [5.41, 5.74) is -4.09. The molecule has 6 heteroatoms. The quantitative estimate of drug-likeness (QED) is 0.755. The third kappa shape index (κ3) is 2.22. The van der Waals surface area contributed by atoms with Crippen LogP contribution in [0.5, 0.6) is 0 Å². The van der Waals surface area contributed by atoms with Crippen molar-refractivity contribution in [3.05, 3.63) is 23.8 Å². The highest BCUT2D eigenvalue weighted by Gasteiger charge is 2.73. The van der Waals surface area contributed by atoms with Crippen LogP contribution in [0.15, 0.2) is 23.8 Å². The molecule has 0 bridgehead atoms. The largest absolute Gasteiger partial charge is 0.390 e. The first-order valence-electron chi connectivity index (χ1n) is 10.1. The molecule has 9 atom stereocenters. The van der Waals surface area contributed by atoms with Gasteiger partial charge in [0.15, 0.2) is 17.2 Å². The SMILES string of the molecule is CC1CC2[C@@H]3CC(F)C4=CC(=O)C=C[C@]4(C)C3(F)[C@@H](O)C[C@]2(C)[C@H]1C(=O)CO. The molecule has 3 saturated carbocycles. The zero-order valence-corrected chi connectivity index (χ0v) is 16.5. The number of alkyl halides is 2. The molecule has 0 aromatic carbocycles. The van der Waals surface area contributed by atoms with Gasteiger partial charge in [0.25, 0.3) is 0 Å². The molecule has 0 aromatic heterocycles. The Bertz CT molecular complexity index is 791. The molecule has 4 nitrogen and oxygen atoms in total. The summed E-state index contributed by atoms with van der Waals surface area (Å²) in [4.78, 5) is 24.3. The van der Waals surface area contributed by atoms with Crippen molar-refractivity contribution >= 4 is 11.6 Å². The Kier molecular flexibility index (Phi) is 4.30. The van der Waals surface area contributed by atoms with Gasteiger partial charge in [-0.25, -0.2) is 8.78 Å². The molecule has 0 spiro atoms. The fourth-order valence-electron chi connectivity index (χ4n) is 7.36. The predicted octanol–water partition coefficient (Wildman–Crippen LogP) is 2.73. The van der Waals surface area contributed by atoms with Gasteiger partial charge in [0, 0.05) is 17.3 Å².